The molecule has 1 aromatic carbocycles. The first-order valence-electron chi connectivity index (χ1n) is 6.80. The average Bonchev–Trinajstić information content (AvgIpc) is 2.60. The lowest BCUT2D eigenvalue weighted by atomic mass is 10.0. The van der Waals surface area contributed by atoms with Gasteiger partial charge in [-0.15, -0.1) is 0 Å². The molecule has 0 saturated heterocycles. The molecule has 0 aromatic heterocycles. The maximum Gasteiger partial charge on any atom is 0.127 e. The molecule has 0 bridgehead atoms. The highest BCUT2D eigenvalue weighted by Crippen LogP contribution is 2.22. The van der Waals surface area contributed by atoms with Crippen molar-refractivity contribution >= 4 is 0 Å². The molecular weight excluding hydrogens is 213 g/mol. The predicted octanol–water partition coefficient (Wildman–Crippen LogP) is 3.89. The summed E-state index contributed by atoms with van der Waals surface area (Å²) in [7, 11) is 0. The zero-order valence-electron chi connectivity index (χ0n) is 10.4. The quantitative estimate of drug-likeness (QED) is 0.781. The second-order valence-electron chi connectivity index (χ2n) is 5.08. The van der Waals surface area contributed by atoms with E-state index in [1.165, 1.54) is 44.6 Å². The second kappa shape index (κ2) is 6.75. The van der Waals surface area contributed by atoms with Crippen molar-refractivity contribution in [2.45, 2.75) is 45.1 Å². The maximum atomic E-state index is 13.4. The van der Waals surface area contributed by atoms with Gasteiger partial charge in [-0.05, 0) is 31.4 Å². The maximum absolute atomic E-state index is 13.4. The Balaban J connectivity index is 1.73. The molecule has 0 radical (unpaired) electrons. The Morgan fingerprint density at radius 3 is 2.47 bits per heavy atom. The summed E-state index contributed by atoms with van der Waals surface area (Å²) < 4.78 is 13.4. The molecule has 0 unspecified atom stereocenters. The molecule has 1 aliphatic carbocycles. The van der Waals surface area contributed by atoms with E-state index < -0.39 is 0 Å². The highest BCUT2D eigenvalue weighted by atomic mass is 19.1. The molecule has 2 rings (SSSR count). The lowest BCUT2D eigenvalue weighted by Crippen LogP contribution is -2.22. The van der Waals surface area contributed by atoms with Crippen LogP contribution in [0.15, 0.2) is 24.3 Å². The molecule has 1 fully saturated rings. The van der Waals surface area contributed by atoms with Crippen molar-refractivity contribution in [1.29, 1.82) is 0 Å². The highest BCUT2D eigenvalue weighted by molar-refractivity contribution is 5.16. The Morgan fingerprint density at radius 1 is 1.06 bits per heavy atom. The monoisotopic (exact) mass is 235 g/mol. The molecule has 0 heterocycles. The van der Waals surface area contributed by atoms with E-state index in [1.807, 2.05) is 12.1 Å². The van der Waals surface area contributed by atoms with E-state index >= 15 is 0 Å². The molecule has 17 heavy (non-hydrogen) atoms. The summed E-state index contributed by atoms with van der Waals surface area (Å²) in [5, 5.41) is 3.40. The van der Waals surface area contributed by atoms with Crippen LogP contribution in [0.4, 0.5) is 4.39 Å². The summed E-state index contributed by atoms with van der Waals surface area (Å²) in [6.07, 6.45) is 8.19. The van der Waals surface area contributed by atoms with E-state index in [9.17, 15) is 4.39 Å². The topological polar surface area (TPSA) is 12.0 Å². The number of halogens is 1. The standard InChI is InChI=1S/C15H22FN/c16-15-10-6-5-9-14(15)12-17-11-13-7-3-1-2-4-8-13/h5-6,9-10,13,17H,1-4,7-8,11-12H2. The zero-order valence-corrected chi connectivity index (χ0v) is 10.4. The van der Waals surface area contributed by atoms with Crippen LogP contribution in [0.25, 0.3) is 0 Å². The number of rotatable bonds is 4. The molecule has 0 amide bonds. The van der Waals surface area contributed by atoms with Crippen LogP contribution >= 0.6 is 0 Å². The van der Waals surface area contributed by atoms with Gasteiger partial charge in [-0.25, -0.2) is 4.39 Å². The van der Waals surface area contributed by atoms with Crippen LogP contribution in [-0.2, 0) is 6.54 Å². The van der Waals surface area contributed by atoms with Crippen molar-refractivity contribution in [3.05, 3.63) is 35.6 Å². The van der Waals surface area contributed by atoms with E-state index in [4.69, 9.17) is 0 Å². The third-order valence-corrected chi connectivity index (χ3v) is 3.68. The fraction of sp³-hybridized carbons (Fsp3) is 0.600. The number of hydrogen-bond acceptors (Lipinski definition) is 1. The van der Waals surface area contributed by atoms with Gasteiger partial charge in [0.25, 0.3) is 0 Å². The van der Waals surface area contributed by atoms with Gasteiger partial charge in [0.05, 0.1) is 0 Å². The van der Waals surface area contributed by atoms with Crippen molar-refractivity contribution in [1.82, 2.24) is 5.32 Å². The molecule has 1 nitrogen and oxygen atoms in total. The van der Waals surface area contributed by atoms with Gasteiger partial charge in [-0.3, -0.25) is 0 Å². The van der Waals surface area contributed by atoms with Crippen LogP contribution in [0.5, 0.6) is 0 Å². The van der Waals surface area contributed by atoms with E-state index in [0.29, 0.717) is 6.54 Å². The minimum atomic E-state index is -0.0964. The summed E-state index contributed by atoms with van der Waals surface area (Å²) in [5.41, 5.74) is 0.779. The Morgan fingerprint density at radius 2 is 1.76 bits per heavy atom. The summed E-state index contributed by atoms with van der Waals surface area (Å²) in [6, 6.07) is 7.02. The summed E-state index contributed by atoms with van der Waals surface area (Å²) >= 11 is 0. The van der Waals surface area contributed by atoms with Crippen molar-refractivity contribution in [2.24, 2.45) is 5.92 Å². The second-order valence-corrected chi connectivity index (χ2v) is 5.08. The molecule has 1 N–H and O–H groups in total. The molecule has 94 valence electrons. The lowest BCUT2D eigenvalue weighted by molar-refractivity contribution is 0.422. The van der Waals surface area contributed by atoms with Gasteiger partial charge in [0.2, 0.25) is 0 Å². The first-order chi connectivity index (χ1) is 8.36. The Kier molecular flexibility index (Phi) is 4.99. The molecule has 0 spiro atoms. The molecule has 0 aliphatic heterocycles. The minimum Gasteiger partial charge on any atom is -0.312 e. The molecule has 1 saturated carbocycles. The predicted molar refractivity (Wildman–Crippen MR) is 69.3 cm³/mol. The largest absolute Gasteiger partial charge is 0.312 e. The van der Waals surface area contributed by atoms with E-state index in [-0.39, 0.29) is 5.82 Å². The number of nitrogens with one attached hydrogen (secondary N) is 1. The fourth-order valence-electron chi connectivity index (χ4n) is 2.62. The molecule has 1 aliphatic rings. The van der Waals surface area contributed by atoms with Crippen LogP contribution in [0, 0.1) is 11.7 Å². The van der Waals surface area contributed by atoms with Crippen molar-refractivity contribution < 1.29 is 4.39 Å². The Bertz CT molecular complexity index is 329. The average molecular weight is 235 g/mol. The zero-order chi connectivity index (χ0) is 11.9. The van der Waals surface area contributed by atoms with Gasteiger partial charge >= 0.3 is 0 Å². The first kappa shape index (κ1) is 12.6. The van der Waals surface area contributed by atoms with Crippen molar-refractivity contribution in [2.75, 3.05) is 6.54 Å². The third kappa shape index (κ3) is 4.12. The van der Waals surface area contributed by atoms with Gasteiger partial charge < -0.3 is 5.32 Å². The van der Waals surface area contributed by atoms with E-state index in [0.717, 1.165) is 18.0 Å². The SMILES string of the molecule is Fc1ccccc1CNCC1CCCCCC1. The smallest absolute Gasteiger partial charge is 0.127 e. The van der Waals surface area contributed by atoms with Gasteiger partial charge in [0.1, 0.15) is 5.82 Å². The van der Waals surface area contributed by atoms with E-state index in [1.54, 1.807) is 6.07 Å². The van der Waals surface area contributed by atoms with E-state index in [2.05, 4.69) is 5.32 Å². The van der Waals surface area contributed by atoms with Gasteiger partial charge in [-0.1, -0.05) is 43.9 Å². The van der Waals surface area contributed by atoms with Crippen LogP contribution in [0.2, 0.25) is 0 Å². The molecule has 2 heteroatoms. The molecule has 1 aromatic rings. The van der Waals surface area contributed by atoms with Crippen molar-refractivity contribution in [3.8, 4) is 0 Å². The minimum absolute atomic E-state index is 0.0964. The van der Waals surface area contributed by atoms with Crippen LogP contribution in [0.3, 0.4) is 0 Å². The van der Waals surface area contributed by atoms with Gasteiger partial charge in [0, 0.05) is 12.1 Å². The summed E-state index contributed by atoms with van der Waals surface area (Å²) in [6.45, 7) is 1.69. The molecular formula is C15H22FN. The highest BCUT2D eigenvalue weighted by Gasteiger charge is 2.11. The lowest BCUT2D eigenvalue weighted by Gasteiger charge is -2.14. The van der Waals surface area contributed by atoms with Crippen LogP contribution in [0.1, 0.15) is 44.1 Å². The third-order valence-electron chi connectivity index (χ3n) is 3.68. The Hall–Kier alpha value is -0.890. The molecule has 0 atom stereocenters. The summed E-state index contributed by atoms with van der Waals surface area (Å²) in [5.74, 6) is 0.699. The van der Waals surface area contributed by atoms with Crippen LogP contribution in [-0.4, -0.2) is 6.54 Å². The Labute approximate surface area is 103 Å². The number of hydrogen-bond donors (Lipinski definition) is 1. The first-order valence-corrected chi connectivity index (χ1v) is 6.80. The fourth-order valence-corrected chi connectivity index (χ4v) is 2.62. The summed E-state index contributed by atoms with van der Waals surface area (Å²) in [4.78, 5) is 0. The van der Waals surface area contributed by atoms with Crippen molar-refractivity contribution in [3.63, 3.8) is 0 Å². The van der Waals surface area contributed by atoms with Gasteiger partial charge in [0.15, 0.2) is 0 Å². The van der Waals surface area contributed by atoms with Crippen LogP contribution < -0.4 is 5.32 Å². The normalized spacial score (nSPS) is 17.9. The van der Waals surface area contributed by atoms with Gasteiger partial charge in [-0.2, -0.15) is 0 Å². The number of benzene rings is 1.